The summed E-state index contributed by atoms with van der Waals surface area (Å²) in [5, 5.41) is 11.3. The van der Waals surface area contributed by atoms with E-state index in [1.54, 1.807) is 30.2 Å². The molecule has 0 unspecified atom stereocenters. The summed E-state index contributed by atoms with van der Waals surface area (Å²) < 4.78 is 14.7. The highest BCUT2D eigenvalue weighted by molar-refractivity contribution is 7.15. The van der Waals surface area contributed by atoms with E-state index in [4.69, 9.17) is 0 Å². The van der Waals surface area contributed by atoms with Crippen LogP contribution < -0.4 is 5.43 Å². The first-order valence-corrected chi connectivity index (χ1v) is 12.6. The van der Waals surface area contributed by atoms with Crippen LogP contribution in [-0.2, 0) is 16.8 Å². The SMILES string of the molecule is CCCC(=O)[C@]1(C)CN(C2CC2)C(=O)c2c(O)c(=O)c(-c3ncc(Cc4ccc(F)cc4)s3)cn21. The molecule has 0 bridgehead atoms. The number of Topliss-reactive ketones (excluding diaryl/α,β-unsaturated/α-hetero) is 1. The number of hydrogen-bond acceptors (Lipinski definition) is 6. The van der Waals surface area contributed by atoms with Crippen molar-refractivity contribution in [2.45, 2.75) is 57.5 Å². The maximum absolute atomic E-state index is 13.3. The van der Waals surface area contributed by atoms with Crippen LogP contribution in [0.5, 0.6) is 5.75 Å². The predicted octanol–water partition coefficient (Wildman–Crippen LogP) is 4.11. The second kappa shape index (κ2) is 8.71. The number of fused-ring (bicyclic) bond motifs is 1. The molecule has 3 aromatic rings. The van der Waals surface area contributed by atoms with Crippen LogP contribution in [0.3, 0.4) is 0 Å². The Morgan fingerprint density at radius 2 is 1.97 bits per heavy atom. The summed E-state index contributed by atoms with van der Waals surface area (Å²) in [5.41, 5.74) is -0.877. The number of carbonyl (C=O) groups excluding carboxylic acids is 2. The molecule has 2 aromatic heterocycles. The third-order valence-corrected chi connectivity index (χ3v) is 7.83. The Morgan fingerprint density at radius 1 is 1.26 bits per heavy atom. The average Bonchev–Trinajstić information content (AvgIpc) is 3.58. The Balaban J connectivity index is 1.59. The number of ketones is 1. The normalized spacial score (nSPS) is 19.6. The summed E-state index contributed by atoms with van der Waals surface area (Å²) in [6, 6.07) is 6.20. The van der Waals surface area contributed by atoms with Gasteiger partial charge in [-0.2, -0.15) is 0 Å². The van der Waals surface area contributed by atoms with Gasteiger partial charge in [0.2, 0.25) is 5.43 Å². The molecule has 1 atom stereocenters. The number of aromatic nitrogens is 2. The number of hydrogen-bond donors (Lipinski definition) is 1. The molecule has 1 aromatic carbocycles. The Labute approximate surface area is 205 Å². The van der Waals surface area contributed by atoms with Crippen LogP contribution >= 0.6 is 11.3 Å². The van der Waals surface area contributed by atoms with Crippen molar-refractivity contribution in [3.8, 4) is 16.3 Å². The van der Waals surface area contributed by atoms with Gasteiger partial charge in [-0.15, -0.1) is 11.3 Å². The van der Waals surface area contributed by atoms with Crippen LogP contribution in [0.2, 0.25) is 0 Å². The van der Waals surface area contributed by atoms with E-state index < -0.39 is 22.6 Å². The van der Waals surface area contributed by atoms with Gasteiger partial charge in [0.15, 0.2) is 17.2 Å². The molecular weight excluding hydrogens is 469 g/mol. The van der Waals surface area contributed by atoms with Crippen LogP contribution in [-0.4, -0.2) is 43.8 Å². The molecule has 0 spiro atoms. The van der Waals surface area contributed by atoms with Gasteiger partial charge in [0.25, 0.3) is 5.91 Å². The fourth-order valence-corrected chi connectivity index (χ4v) is 5.63. The summed E-state index contributed by atoms with van der Waals surface area (Å²) >= 11 is 1.28. The first-order valence-electron chi connectivity index (χ1n) is 11.8. The van der Waals surface area contributed by atoms with Crippen LogP contribution in [0, 0.1) is 5.82 Å². The highest BCUT2D eigenvalue weighted by atomic mass is 32.1. The number of benzene rings is 1. The third-order valence-electron chi connectivity index (χ3n) is 6.80. The van der Waals surface area contributed by atoms with Gasteiger partial charge in [-0.1, -0.05) is 19.1 Å². The van der Waals surface area contributed by atoms with E-state index in [0.717, 1.165) is 23.3 Å². The van der Waals surface area contributed by atoms with E-state index in [1.165, 1.54) is 34.2 Å². The zero-order valence-electron chi connectivity index (χ0n) is 19.6. The largest absolute Gasteiger partial charge is 0.503 e. The number of thiazole rings is 1. The second-order valence-corrected chi connectivity index (χ2v) is 10.6. The molecular formula is C26H26FN3O4S. The lowest BCUT2D eigenvalue weighted by Gasteiger charge is -2.43. The van der Waals surface area contributed by atoms with Crippen molar-refractivity contribution < 1.29 is 19.1 Å². The van der Waals surface area contributed by atoms with Gasteiger partial charge in [-0.3, -0.25) is 14.4 Å². The number of nitrogens with zero attached hydrogens (tertiary/aromatic N) is 3. The van der Waals surface area contributed by atoms with E-state index >= 15 is 0 Å². The third kappa shape index (κ3) is 4.07. The second-order valence-electron chi connectivity index (χ2n) is 9.49. The lowest BCUT2D eigenvalue weighted by Crippen LogP contribution is -2.57. The number of halogens is 1. The molecule has 2 aliphatic rings. The summed E-state index contributed by atoms with van der Waals surface area (Å²) in [5.74, 6) is -1.44. The van der Waals surface area contributed by atoms with E-state index in [1.807, 2.05) is 6.92 Å². The van der Waals surface area contributed by atoms with Gasteiger partial charge in [0.05, 0.1) is 12.1 Å². The molecule has 1 saturated carbocycles. The molecule has 0 saturated heterocycles. The van der Waals surface area contributed by atoms with Crippen LogP contribution in [0.4, 0.5) is 4.39 Å². The zero-order valence-corrected chi connectivity index (χ0v) is 20.4. The quantitative estimate of drug-likeness (QED) is 0.533. The van der Waals surface area contributed by atoms with Crippen molar-refractivity contribution in [3.05, 3.63) is 68.8 Å². The minimum absolute atomic E-state index is 0.0344. The predicted molar refractivity (Wildman–Crippen MR) is 130 cm³/mol. The highest BCUT2D eigenvalue weighted by Gasteiger charge is 2.49. The average molecular weight is 496 g/mol. The molecule has 0 radical (unpaired) electrons. The van der Waals surface area contributed by atoms with Crippen molar-refractivity contribution in [3.63, 3.8) is 0 Å². The molecule has 9 heteroatoms. The maximum atomic E-state index is 13.3. The summed E-state index contributed by atoms with van der Waals surface area (Å²) in [6.45, 7) is 3.89. The van der Waals surface area contributed by atoms with E-state index in [9.17, 15) is 23.9 Å². The van der Waals surface area contributed by atoms with E-state index in [0.29, 0.717) is 24.3 Å². The summed E-state index contributed by atoms with van der Waals surface area (Å²) in [4.78, 5) is 46.6. The maximum Gasteiger partial charge on any atom is 0.274 e. The topological polar surface area (TPSA) is 92.5 Å². The number of amides is 1. The van der Waals surface area contributed by atoms with Gasteiger partial charge in [0, 0.05) is 36.2 Å². The van der Waals surface area contributed by atoms with E-state index in [-0.39, 0.29) is 35.4 Å². The fraction of sp³-hybridized carbons (Fsp3) is 0.385. The van der Waals surface area contributed by atoms with Crippen molar-refractivity contribution in [2.24, 2.45) is 0 Å². The van der Waals surface area contributed by atoms with Gasteiger partial charge in [0.1, 0.15) is 16.4 Å². The van der Waals surface area contributed by atoms with Crippen molar-refractivity contribution >= 4 is 23.0 Å². The molecule has 35 heavy (non-hydrogen) atoms. The molecule has 7 nitrogen and oxygen atoms in total. The fourth-order valence-electron chi connectivity index (χ4n) is 4.68. The van der Waals surface area contributed by atoms with Gasteiger partial charge in [-0.25, -0.2) is 9.37 Å². The highest BCUT2D eigenvalue weighted by Crippen LogP contribution is 2.39. The first kappa shape index (κ1) is 23.4. The number of rotatable bonds is 7. The van der Waals surface area contributed by atoms with Crippen LogP contribution in [0.1, 0.15) is 60.5 Å². The smallest absolute Gasteiger partial charge is 0.274 e. The first-order chi connectivity index (χ1) is 16.7. The van der Waals surface area contributed by atoms with Crippen LogP contribution in [0.25, 0.3) is 10.6 Å². The Hall–Kier alpha value is -3.33. The lowest BCUT2D eigenvalue weighted by molar-refractivity contribution is -0.128. The Bertz CT molecular complexity index is 1380. The Kier molecular flexibility index (Phi) is 5.83. The zero-order chi connectivity index (χ0) is 24.9. The number of pyridine rings is 1. The van der Waals surface area contributed by atoms with Crippen molar-refractivity contribution in [2.75, 3.05) is 6.54 Å². The molecule has 1 amide bonds. The summed E-state index contributed by atoms with van der Waals surface area (Å²) in [7, 11) is 0. The van der Waals surface area contributed by atoms with Crippen LogP contribution in [0.15, 0.2) is 41.5 Å². The van der Waals surface area contributed by atoms with Crippen molar-refractivity contribution in [1.29, 1.82) is 0 Å². The summed E-state index contributed by atoms with van der Waals surface area (Å²) in [6.07, 6.45) is 6.34. The number of carbonyl (C=O) groups is 2. The molecule has 1 aliphatic heterocycles. The molecule has 1 fully saturated rings. The molecule has 182 valence electrons. The van der Waals surface area contributed by atoms with E-state index in [2.05, 4.69) is 4.98 Å². The van der Waals surface area contributed by atoms with Crippen molar-refractivity contribution in [1.82, 2.24) is 14.5 Å². The minimum atomic E-state index is -1.10. The van der Waals surface area contributed by atoms with Gasteiger partial charge < -0.3 is 14.6 Å². The monoisotopic (exact) mass is 495 g/mol. The molecule has 5 rings (SSSR count). The van der Waals surface area contributed by atoms with Gasteiger partial charge >= 0.3 is 0 Å². The lowest BCUT2D eigenvalue weighted by atomic mass is 9.88. The standard InChI is InChI=1S/C26H26FN3O4S/c1-3-4-20(31)26(2)14-29(17-9-10-17)25(34)21-23(33)22(32)19(13-30(21)26)24-28-12-18(35-24)11-15-5-7-16(27)8-6-15/h5-8,12-13,17,33H,3-4,9-11,14H2,1-2H3/t26-/m0/s1. The molecule has 1 N–H and O–H groups in total. The Morgan fingerprint density at radius 3 is 2.63 bits per heavy atom. The molecule has 1 aliphatic carbocycles. The van der Waals surface area contributed by atoms with Gasteiger partial charge in [-0.05, 0) is 43.9 Å². The molecule has 3 heterocycles. The number of aromatic hydroxyl groups is 1. The minimum Gasteiger partial charge on any atom is -0.503 e.